The first-order chi connectivity index (χ1) is 23.7. The van der Waals surface area contributed by atoms with Gasteiger partial charge < -0.3 is 30.0 Å². The van der Waals surface area contributed by atoms with E-state index in [1.165, 1.54) is 0 Å². The van der Waals surface area contributed by atoms with E-state index in [1.54, 1.807) is 32.9 Å². The van der Waals surface area contributed by atoms with Crippen LogP contribution < -0.4 is 10.6 Å². The van der Waals surface area contributed by atoms with Crippen LogP contribution in [0.1, 0.15) is 132 Å². The van der Waals surface area contributed by atoms with E-state index < -0.39 is 17.8 Å². The van der Waals surface area contributed by atoms with E-state index in [2.05, 4.69) is 30.6 Å². The Bertz CT molecular complexity index is 1190. The van der Waals surface area contributed by atoms with Gasteiger partial charge in [0.15, 0.2) is 17.4 Å². The number of carbonyl (C=O) groups is 4. The van der Waals surface area contributed by atoms with Crippen molar-refractivity contribution in [2.75, 3.05) is 13.1 Å². The number of hydrogen-bond acceptors (Lipinski definition) is 8. The predicted molar refractivity (Wildman–Crippen MR) is 194 cm³/mol. The number of Topliss-reactive ketones (excluding diaryl/α,β-unsaturated/α-hetero) is 1. The van der Waals surface area contributed by atoms with E-state index in [1.807, 2.05) is 13.8 Å². The van der Waals surface area contributed by atoms with Crippen LogP contribution in [-0.2, 0) is 33.4 Å². The van der Waals surface area contributed by atoms with Gasteiger partial charge in [0.2, 0.25) is 11.8 Å². The largest absolute Gasteiger partial charge is 0.390 e. The Morgan fingerprint density at radius 3 is 2.36 bits per heavy atom. The summed E-state index contributed by atoms with van der Waals surface area (Å²) in [5.41, 5.74) is 0.818. The minimum absolute atomic E-state index is 0.0206. The van der Waals surface area contributed by atoms with Crippen LogP contribution in [0.5, 0.6) is 0 Å². The summed E-state index contributed by atoms with van der Waals surface area (Å²) in [5, 5.41) is 16.4. The summed E-state index contributed by atoms with van der Waals surface area (Å²) in [6.45, 7) is 13.8. The van der Waals surface area contributed by atoms with Gasteiger partial charge in [-0.15, -0.1) is 0 Å². The van der Waals surface area contributed by atoms with E-state index in [-0.39, 0.29) is 66.7 Å². The molecule has 3 saturated heterocycles. The molecule has 10 atom stereocenters. The van der Waals surface area contributed by atoms with Crippen molar-refractivity contribution in [1.82, 2.24) is 10.6 Å². The average molecular weight is 703 g/mol. The van der Waals surface area contributed by atoms with E-state index in [0.717, 1.165) is 76.2 Å². The second-order valence-electron chi connectivity index (χ2n) is 15.5. The number of ketones is 2. The summed E-state index contributed by atoms with van der Waals surface area (Å²) in [5.74, 6) is -0.658. The lowest BCUT2D eigenvalue weighted by Gasteiger charge is -2.48. The highest BCUT2D eigenvalue weighted by molar-refractivity contribution is 5.92. The van der Waals surface area contributed by atoms with Gasteiger partial charge >= 0.3 is 0 Å². The maximum absolute atomic E-state index is 12.8. The minimum Gasteiger partial charge on any atom is -0.390 e. The van der Waals surface area contributed by atoms with Gasteiger partial charge in [-0.2, -0.15) is 0 Å². The quantitative estimate of drug-likeness (QED) is 0.114. The Kier molecular flexibility index (Phi) is 17.3. The topological polar surface area (TPSA) is 140 Å². The maximum atomic E-state index is 12.8. The lowest BCUT2D eigenvalue weighted by Crippen LogP contribution is -2.50. The first-order valence-corrected chi connectivity index (χ1v) is 19.3. The summed E-state index contributed by atoms with van der Waals surface area (Å²) >= 11 is 0. The first kappa shape index (κ1) is 42.0. The number of carbonyl (C=O) groups excluding carboxylic acids is 4. The third-order valence-corrected chi connectivity index (χ3v) is 11.1. The summed E-state index contributed by atoms with van der Waals surface area (Å²) in [4.78, 5) is 49.2. The van der Waals surface area contributed by atoms with Gasteiger partial charge in [0.1, 0.15) is 0 Å². The standard InChI is InChI=1S/C40H66N2O8/c1-8-11-32(44)23-34-17-15-27(3)37(48-34)24-38(46)42-25-35(45)30(6)39(47)41-21-10-13-36-28(4)18-20-40(50-36)19-9-12-33(49-40)16-14-26(2)22-29(5)31(7)43/h8,11,22,26-28,30,33-37,45H,9-10,12-21,23-25H2,1-7H3,(H,41,47)(H,42,46)/b11-8+,29-22+. The molecule has 0 aromatic carbocycles. The number of ether oxygens (including phenoxy) is 3. The van der Waals surface area contributed by atoms with Crippen molar-refractivity contribution >= 4 is 23.4 Å². The molecule has 0 saturated carbocycles. The highest BCUT2D eigenvalue weighted by Gasteiger charge is 2.44. The monoisotopic (exact) mass is 702 g/mol. The first-order valence-electron chi connectivity index (χ1n) is 19.3. The van der Waals surface area contributed by atoms with Crippen LogP contribution in [0.2, 0.25) is 0 Å². The van der Waals surface area contributed by atoms with Crippen LogP contribution in [0.25, 0.3) is 0 Å². The van der Waals surface area contributed by atoms with E-state index in [0.29, 0.717) is 24.8 Å². The molecule has 3 rings (SSSR count). The van der Waals surface area contributed by atoms with Crippen LogP contribution in [0.3, 0.4) is 0 Å². The Morgan fingerprint density at radius 2 is 1.64 bits per heavy atom. The van der Waals surface area contributed by atoms with Crippen LogP contribution in [0.4, 0.5) is 0 Å². The molecule has 50 heavy (non-hydrogen) atoms. The number of aliphatic hydroxyl groups is 1. The van der Waals surface area contributed by atoms with Crippen LogP contribution in [0, 0.1) is 23.7 Å². The van der Waals surface area contributed by atoms with Crippen molar-refractivity contribution in [3.05, 3.63) is 23.8 Å². The van der Waals surface area contributed by atoms with Gasteiger partial charge in [-0.3, -0.25) is 19.2 Å². The van der Waals surface area contributed by atoms with E-state index in [9.17, 15) is 24.3 Å². The number of amides is 2. The molecule has 0 bridgehead atoms. The van der Waals surface area contributed by atoms with Crippen LogP contribution in [-0.4, -0.2) is 77.9 Å². The minimum atomic E-state index is -1.02. The highest BCUT2D eigenvalue weighted by atomic mass is 16.7. The molecular weight excluding hydrogens is 636 g/mol. The number of allylic oxidation sites excluding steroid dienone is 4. The second-order valence-corrected chi connectivity index (χ2v) is 15.5. The van der Waals surface area contributed by atoms with E-state index in [4.69, 9.17) is 14.2 Å². The van der Waals surface area contributed by atoms with Crippen LogP contribution >= 0.6 is 0 Å². The molecule has 10 nitrogen and oxygen atoms in total. The Hall–Kier alpha value is -2.40. The molecule has 2 amide bonds. The summed E-state index contributed by atoms with van der Waals surface area (Å²) in [7, 11) is 0. The maximum Gasteiger partial charge on any atom is 0.225 e. The zero-order valence-corrected chi connectivity index (χ0v) is 31.8. The van der Waals surface area contributed by atoms with Crippen molar-refractivity contribution in [1.29, 1.82) is 0 Å². The molecule has 10 heteroatoms. The van der Waals surface area contributed by atoms with Gasteiger partial charge in [0.25, 0.3) is 0 Å². The predicted octanol–water partition coefficient (Wildman–Crippen LogP) is 6.14. The normalized spacial score (nSPS) is 30.8. The number of nitrogens with one attached hydrogen (secondary N) is 2. The molecule has 1 spiro atoms. The molecule has 0 radical (unpaired) electrons. The third kappa shape index (κ3) is 13.6. The fourth-order valence-corrected chi connectivity index (χ4v) is 7.46. The average Bonchev–Trinajstić information content (AvgIpc) is 3.07. The van der Waals surface area contributed by atoms with E-state index >= 15 is 0 Å². The van der Waals surface area contributed by atoms with Gasteiger partial charge in [-0.05, 0) is 108 Å². The smallest absolute Gasteiger partial charge is 0.225 e. The Balaban J connectivity index is 1.36. The molecule has 3 aliphatic rings. The Labute approximate surface area is 300 Å². The van der Waals surface area contributed by atoms with Gasteiger partial charge in [0.05, 0.1) is 42.9 Å². The number of hydrogen-bond donors (Lipinski definition) is 3. The highest BCUT2D eigenvalue weighted by Crippen LogP contribution is 2.43. The molecule has 3 aliphatic heterocycles. The third-order valence-electron chi connectivity index (χ3n) is 11.1. The van der Waals surface area contributed by atoms with Gasteiger partial charge in [0, 0.05) is 32.4 Å². The molecule has 284 valence electrons. The fourth-order valence-electron chi connectivity index (χ4n) is 7.46. The molecule has 0 aromatic heterocycles. The molecule has 0 aliphatic carbocycles. The molecule has 3 fully saturated rings. The summed E-state index contributed by atoms with van der Waals surface area (Å²) in [6, 6.07) is 0. The summed E-state index contributed by atoms with van der Waals surface area (Å²) in [6.07, 6.45) is 14.6. The molecule has 3 heterocycles. The van der Waals surface area contributed by atoms with Crippen molar-refractivity contribution in [2.24, 2.45) is 23.7 Å². The molecule has 10 unspecified atom stereocenters. The summed E-state index contributed by atoms with van der Waals surface area (Å²) < 4.78 is 19.4. The van der Waals surface area contributed by atoms with Gasteiger partial charge in [-0.25, -0.2) is 0 Å². The van der Waals surface area contributed by atoms with Crippen molar-refractivity contribution in [3.63, 3.8) is 0 Å². The van der Waals surface area contributed by atoms with Crippen LogP contribution in [0.15, 0.2) is 23.8 Å². The Morgan fingerprint density at radius 1 is 0.900 bits per heavy atom. The zero-order valence-electron chi connectivity index (χ0n) is 31.8. The molecular formula is C40H66N2O8. The fraction of sp³-hybridized carbons (Fsp3) is 0.800. The molecule has 3 N–H and O–H groups in total. The van der Waals surface area contributed by atoms with Crippen molar-refractivity contribution in [2.45, 2.75) is 168 Å². The van der Waals surface area contributed by atoms with Crippen molar-refractivity contribution in [3.8, 4) is 0 Å². The van der Waals surface area contributed by atoms with Crippen molar-refractivity contribution < 1.29 is 38.5 Å². The lowest BCUT2D eigenvalue weighted by molar-refractivity contribution is -0.324. The second kappa shape index (κ2) is 20.6. The number of aliphatic hydroxyl groups excluding tert-OH is 1. The zero-order chi connectivity index (χ0) is 36.8. The lowest BCUT2D eigenvalue weighted by atomic mass is 9.85. The SMILES string of the molecule is C/C=C/C(=O)CC1CCC(C)C(CC(=O)NCC(O)C(C)C(=O)NCCCC2OC3(CCCC(CCC(C)/C=C(\C)C(C)=O)O3)CCC2C)O1. The number of rotatable bonds is 18. The van der Waals surface area contributed by atoms with Gasteiger partial charge in [-0.1, -0.05) is 39.8 Å². The molecule has 0 aromatic rings.